The van der Waals surface area contributed by atoms with Gasteiger partial charge in [-0.15, -0.1) is 11.3 Å². The first-order chi connectivity index (χ1) is 12.1. The minimum Gasteiger partial charge on any atom is -0.508 e. The van der Waals surface area contributed by atoms with Crippen molar-refractivity contribution in [2.45, 2.75) is 32.3 Å². The fourth-order valence-corrected chi connectivity index (χ4v) is 3.87. The predicted molar refractivity (Wildman–Crippen MR) is 101 cm³/mol. The molecule has 4 nitrogen and oxygen atoms in total. The SMILES string of the molecule is CCCCC(O)c1sc2cc(OC)ccc2c1Oc1ccc(O)cc1. The first kappa shape index (κ1) is 17.6. The summed E-state index contributed by atoms with van der Waals surface area (Å²) < 4.78 is 12.4. The molecule has 0 bridgehead atoms. The van der Waals surface area contributed by atoms with Crippen LogP contribution in [0.3, 0.4) is 0 Å². The molecule has 1 heterocycles. The van der Waals surface area contributed by atoms with Crippen LogP contribution >= 0.6 is 11.3 Å². The molecular formula is C20H22O4S. The summed E-state index contributed by atoms with van der Waals surface area (Å²) >= 11 is 1.53. The van der Waals surface area contributed by atoms with Gasteiger partial charge in [-0.3, -0.25) is 0 Å². The predicted octanol–water partition coefficient (Wildman–Crippen LogP) is 5.63. The molecule has 5 heteroatoms. The summed E-state index contributed by atoms with van der Waals surface area (Å²) in [5.74, 6) is 2.27. The van der Waals surface area contributed by atoms with Crippen molar-refractivity contribution < 1.29 is 19.7 Å². The zero-order valence-electron chi connectivity index (χ0n) is 14.4. The first-order valence-electron chi connectivity index (χ1n) is 8.37. The molecule has 0 saturated carbocycles. The van der Waals surface area contributed by atoms with Crippen LogP contribution in [0.2, 0.25) is 0 Å². The topological polar surface area (TPSA) is 58.9 Å². The normalized spacial score (nSPS) is 12.3. The average Bonchev–Trinajstić information content (AvgIpc) is 2.99. The Kier molecular flexibility index (Phi) is 5.46. The monoisotopic (exact) mass is 358 g/mol. The maximum atomic E-state index is 10.6. The van der Waals surface area contributed by atoms with Crippen molar-refractivity contribution in [1.29, 1.82) is 0 Å². The molecule has 1 unspecified atom stereocenters. The zero-order valence-corrected chi connectivity index (χ0v) is 15.2. The summed E-state index contributed by atoms with van der Waals surface area (Å²) in [4.78, 5) is 0.824. The number of hydrogen-bond donors (Lipinski definition) is 2. The largest absolute Gasteiger partial charge is 0.508 e. The van der Waals surface area contributed by atoms with E-state index in [-0.39, 0.29) is 5.75 Å². The van der Waals surface area contributed by atoms with Gasteiger partial charge in [0, 0.05) is 10.1 Å². The van der Waals surface area contributed by atoms with E-state index in [1.807, 2.05) is 18.2 Å². The number of phenols is 1. The molecule has 1 atom stereocenters. The number of thiophene rings is 1. The molecule has 0 saturated heterocycles. The highest BCUT2D eigenvalue weighted by Gasteiger charge is 2.21. The van der Waals surface area contributed by atoms with E-state index in [1.54, 1.807) is 31.4 Å². The van der Waals surface area contributed by atoms with Gasteiger partial charge in [0.05, 0.1) is 18.1 Å². The Bertz CT molecular complexity index is 839. The highest BCUT2D eigenvalue weighted by Crippen LogP contribution is 2.45. The van der Waals surface area contributed by atoms with Crippen LogP contribution in [0.15, 0.2) is 42.5 Å². The number of aliphatic hydroxyl groups excluding tert-OH is 1. The number of fused-ring (bicyclic) bond motifs is 1. The summed E-state index contributed by atoms with van der Waals surface area (Å²) in [7, 11) is 1.64. The molecule has 0 radical (unpaired) electrons. The highest BCUT2D eigenvalue weighted by molar-refractivity contribution is 7.19. The fourth-order valence-electron chi connectivity index (χ4n) is 2.68. The second kappa shape index (κ2) is 7.76. The molecule has 3 aromatic rings. The summed E-state index contributed by atoms with van der Waals surface area (Å²) in [5, 5.41) is 21.0. The quantitative estimate of drug-likeness (QED) is 0.574. The number of hydrogen-bond acceptors (Lipinski definition) is 5. The van der Waals surface area contributed by atoms with Crippen LogP contribution in [0.1, 0.15) is 37.2 Å². The summed E-state index contributed by atoms with van der Waals surface area (Å²) in [6.45, 7) is 2.11. The average molecular weight is 358 g/mol. The van der Waals surface area contributed by atoms with E-state index < -0.39 is 6.10 Å². The number of benzene rings is 2. The number of unbranched alkanes of at least 4 members (excludes halogenated alkanes) is 1. The summed E-state index contributed by atoms with van der Waals surface area (Å²) in [6, 6.07) is 12.4. The lowest BCUT2D eigenvalue weighted by molar-refractivity contribution is 0.165. The minimum absolute atomic E-state index is 0.190. The lowest BCUT2D eigenvalue weighted by Gasteiger charge is -2.12. The van der Waals surface area contributed by atoms with Crippen LogP contribution in [0.25, 0.3) is 10.1 Å². The number of rotatable bonds is 7. The number of aliphatic hydroxyl groups is 1. The third-order valence-corrected chi connectivity index (χ3v) is 5.30. The molecule has 0 aliphatic heterocycles. The number of ether oxygens (including phenoxy) is 2. The molecule has 0 aliphatic rings. The van der Waals surface area contributed by atoms with Crippen molar-refractivity contribution in [1.82, 2.24) is 0 Å². The van der Waals surface area contributed by atoms with Crippen molar-refractivity contribution in [2.75, 3.05) is 7.11 Å². The van der Waals surface area contributed by atoms with Crippen LogP contribution in [0.4, 0.5) is 0 Å². The van der Waals surface area contributed by atoms with Gasteiger partial charge >= 0.3 is 0 Å². The number of methoxy groups -OCH3 is 1. The van der Waals surface area contributed by atoms with Crippen LogP contribution in [-0.2, 0) is 0 Å². The molecule has 132 valence electrons. The van der Waals surface area contributed by atoms with Gasteiger partial charge in [-0.1, -0.05) is 19.8 Å². The van der Waals surface area contributed by atoms with E-state index in [2.05, 4.69) is 6.92 Å². The van der Waals surface area contributed by atoms with E-state index in [4.69, 9.17) is 9.47 Å². The molecule has 2 aromatic carbocycles. The molecule has 25 heavy (non-hydrogen) atoms. The summed E-state index contributed by atoms with van der Waals surface area (Å²) in [6.07, 6.45) is 2.13. The van der Waals surface area contributed by atoms with E-state index in [1.165, 1.54) is 11.3 Å². The van der Waals surface area contributed by atoms with Gasteiger partial charge in [0.1, 0.15) is 17.2 Å². The van der Waals surface area contributed by atoms with E-state index >= 15 is 0 Å². The molecule has 3 rings (SSSR count). The maximum absolute atomic E-state index is 10.6. The van der Waals surface area contributed by atoms with Crippen molar-refractivity contribution in [3.05, 3.63) is 47.3 Å². The minimum atomic E-state index is -0.560. The van der Waals surface area contributed by atoms with Crippen molar-refractivity contribution in [2.24, 2.45) is 0 Å². The Morgan fingerprint density at radius 1 is 1.08 bits per heavy atom. The number of phenolic OH excluding ortho intramolecular Hbond substituents is 1. The Hall–Kier alpha value is -2.24. The van der Waals surface area contributed by atoms with Gasteiger partial charge in [0.15, 0.2) is 5.75 Å². The molecule has 0 amide bonds. The fraction of sp³-hybridized carbons (Fsp3) is 0.300. The van der Waals surface area contributed by atoms with Crippen LogP contribution < -0.4 is 9.47 Å². The van der Waals surface area contributed by atoms with E-state index in [0.717, 1.165) is 33.6 Å². The molecule has 1 aromatic heterocycles. The van der Waals surface area contributed by atoms with Gasteiger partial charge in [-0.25, -0.2) is 0 Å². The first-order valence-corrected chi connectivity index (χ1v) is 9.19. The van der Waals surface area contributed by atoms with Crippen LogP contribution in [-0.4, -0.2) is 17.3 Å². The van der Waals surface area contributed by atoms with Crippen molar-refractivity contribution in [3.8, 4) is 23.0 Å². The maximum Gasteiger partial charge on any atom is 0.151 e. The second-order valence-corrected chi connectivity index (χ2v) is 7.00. The standard InChI is InChI=1S/C20H22O4S/c1-3-4-5-17(22)20-19(24-14-8-6-13(21)7-9-14)16-11-10-15(23-2)12-18(16)25-20/h6-12,17,21-22H,3-5H2,1-2H3. The van der Waals surface area contributed by atoms with Gasteiger partial charge in [0.2, 0.25) is 0 Å². The highest BCUT2D eigenvalue weighted by atomic mass is 32.1. The smallest absolute Gasteiger partial charge is 0.151 e. The molecule has 0 aliphatic carbocycles. The molecular weight excluding hydrogens is 336 g/mol. The zero-order chi connectivity index (χ0) is 17.8. The van der Waals surface area contributed by atoms with Crippen molar-refractivity contribution in [3.63, 3.8) is 0 Å². The van der Waals surface area contributed by atoms with Gasteiger partial charge < -0.3 is 19.7 Å². The van der Waals surface area contributed by atoms with Crippen LogP contribution in [0.5, 0.6) is 23.0 Å². The van der Waals surface area contributed by atoms with Crippen LogP contribution in [0, 0.1) is 0 Å². The van der Waals surface area contributed by atoms with Crippen molar-refractivity contribution >= 4 is 21.4 Å². The molecule has 0 spiro atoms. The molecule has 0 fully saturated rings. The Morgan fingerprint density at radius 2 is 1.80 bits per heavy atom. The molecule has 2 N–H and O–H groups in total. The third-order valence-electron chi connectivity index (χ3n) is 4.07. The Balaban J connectivity index is 2.03. The van der Waals surface area contributed by atoms with Gasteiger partial charge in [0.25, 0.3) is 0 Å². The van der Waals surface area contributed by atoms with Gasteiger partial charge in [-0.05, 0) is 48.9 Å². The van der Waals surface area contributed by atoms with E-state index in [9.17, 15) is 10.2 Å². The van der Waals surface area contributed by atoms with E-state index in [0.29, 0.717) is 17.9 Å². The lowest BCUT2D eigenvalue weighted by Crippen LogP contribution is -1.97. The van der Waals surface area contributed by atoms with Gasteiger partial charge in [-0.2, -0.15) is 0 Å². The second-order valence-electron chi connectivity index (χ2n) is 5.91. The summed E-state index contributed by atoms with van der Waals surface area (Å²) in [5.41, 5.74) is 0. The Labute approximate surface area is 151 Å². The number of aromatic hydroxyl groups is 1. The lowest BCUT2D eigenvalue weighted by atomic mass is 10.1. The Morgan fingerprint density at radius 3 is 2.48 bits per heavy atom. The third kappa shape index (κ3) is 3.89.